The van der Waals surface area contributed by atoms with Crippen LogP contribution in [0.2, 0.25) is 0 Å². The number of carbonyl (C=O) groups excluding carboxylic acids is 2. The second kappa shape index (κ2) is 33.1. The lowest BCUT2D eigenvalue weighted by Gasteiger charge is -2.40. The van der Waals surface area contributed by atoms with Crippen LogP contribution in [0.4, 0.5) is 0 Å². The molecule has 320 valence electrons. The first kappa shape index (κ1) is 51.1. The minimum Gasteiger partial charge on any atom is -0.462 e. The molecule has 6 unspecified atom stereocenters. The molecule has 0 radical (unpaired) electrons. The first-order chi connectivity index (χ1) is 27.0. The van der Waals surface area contributed by atoms with Gasteiger partial charge in [0.05, 0.1) is 6.61 Å². The van der Waals surface area contributed by atoms with Crippen molar-refractivity contribution in [3.8, 4) is 0 Å². The summed E-state index contributed by atoms with van der Waals surface area (Å²) in [6.45, 7) is 3.50. The van der Waals surface area contributed by atoms with E-state index in [1.165, 1.54) is 0 Å². The normalized spacial score (nSPS) is 21.4. The monoisotopic (exact) mass is 810 g/mol. The van der Waals surface area contributed by atoms with E-state index >= 15 is 0 Å². The van der Waals surface area contributed by atoms with Crippen LogP contribution in [0, 0.1) is 0 Å². The molecule has 0 aromatic carbocycles. The number of rotatable bonds is 32. The second-order valence-corrected chi connectivity index (χ2v) is 15.4. The van der Waals surface area contributed by atoms with E-state index in [9.17, 15) is 37.9 Å². The molecule has 13 heteroatoms. The zero-order valence-electron chi connectivity index (χ0n) is 33.7. The molecule has 1 heterocycles. The highest BCUT2D eigenvalue weighted by atomic mass is 32.2. The first-order valence-electron chi connectivity index (χ1n) is 20.5. The maximum Gasteiger partial charge on any atom is 0.306 e. The molecule has 0 saturated carbocycles. The summed E-state index contributed by atoms with van der Waals surface area (Å²) in [4.78, 5) is 25.3. The van der Waals surface area contributed by atoms with Crippen LogP contribution in [-0.4, -0.2) is 96.0 Å². The molecule has 0 aromatic rings. The molecule has 12 nitrogen and oxygen atoms in total. The van der Waals surface area contributed by atoms with Crippen molar-refractivity contribution in [2.75, 3.05) is 19.0 Å². The maximum atomic E-state index is 12.8. The zero-order chi connectivity index (χ0) is 41.3. The van der Waals surface area contributed by atoms with Crippen molar-refractivity contribution >= 4 is 22.1 Å². The molecular formula is C43H70O12S. The van der Waals surface area contributed by atoms with E-state index in [-0.39, 0.29) is 19.4 Å². The Kier molecular flexibility index (Phi) is 30.2. The Balaban J connectivity index is 2.55. The minimum absolute atomic E-state index is 0.105. The lowest BCUT2D eigenvalue weighted by molar-refractivity contribution is -0.297. The molecule has 6 atom stereocenters. The average Bonchev–Trinajstić information content (AvgIpc) is 3.16. The van der Waals surface area contributed by atoms with Crippen molar-refractivity contribution in [1.82, 2.24) is 0 Å². The van der Waals surface area contributed by atoms with Crippen LogP contribution in [0.1, 0.15) is 129 Å². The van der Waals surface area contributed by atoms with Crippen LogP contribution in [0.15, 0.2) is 72.9 Å². The predicted molar refractivity (Wildman–Crippen MR) is 219 cm³/mol. The van der Waals surface area contributed by atoms with Crippen LogP contribution in [0.5, 0.6) is 0 Å². The van der Waals surface area contributed by atoms with Gasteiger partial charge in [0.25, 0.3) is 10.1 Å². The summed E-state index contributed by atoms with van der Waals surface area (Å²) in [5.74, 6) is -2.07. The minimum atomic E-state index is -4.61. The third kappa shape index (κ3) is 27.6. The molecule has 1 aliphatic heterocycles. The van der Waals surface area contributed by atoms with Gasteiger partial charge in [-0.25, -0.2) is 0 Å². The molecule has 4 N–H and O–H groups in total. The lowest BCUT2D eigenvalue weighted by atomic mass is 10.00. The number of ether oxygens (including phenoxy) is 4. The standard InChI is InChI=1S/C43H70O12S/c1-3-5-7-9-11-13-15-17-18-20-22-24-26-28-30-32-39(45)54-36(34-53-43-42(48)41(47)40(46)37(55-43)35-56(49,50)51)33-52-38(44)31-29-27-25-23-21-19-16-14-12-10-8-6-4-2/h5,7-8,10-11,13-14,16-18,22,24,36-37,40-43,46-48H,3-4,6,9,12,15,19-21,23,25-35H2,1-2H3,(H,49,50,51)/b7-5-,10-8-,13-11-,16-14-,18-17-,24-22-. The molecule has 0 aliphatic carbocycles. The summed E-state index contributed by atoms with van der Waals surface area (Å²) in [6.07, 6.45) is 31.0. The molecule has 1 aliphatic rings. The Labute approximate surface area is 336 Å². The van der Waals surface area contributed by atoms with Gasteiger partial charge in [-0.05, 0) is 77.0 Å². The predicted octanol–water partition coefficient (Wildman–Crippen LogP) is 7.55. The molecule has 56 heavy (non-hydrogen) atoms. The van der Waals surface area contributed by atoms with E-state index in [4.69, 9.17) is 18.9 Å². The summed E-state index contributed by atoms with van der Waals surface area (Å²) in [6, 6.07) is 0. The largest absolute Gasteiger partial charge is 0.462 e. The number of aliphatic hydroxyl groups excluding tert-OH is 3. The Hall–Kier alpha value is -2.91. The van der Waals surface area contributed by atoms with Gasteiger partial charge in [-0.15, -0.1) is 0 Å². The molecule has 0 amide bonds. The molecular weight excluding hydrogens is 741 g/mol. The molecule has 0 aromatic heterocycles. The first-order valence-corrected chi connectivity index (χ1v) is 22.1. The van der Waals surface area contributed by atoms with Crippen molar-refractivity contribution in [3.05, 3.63) is 72.9 Å². The highest BCUT2D eigenvalue weighted by Gasteiger charge is 2.46. The van der Waals surface area contributed by atoms with Crippen LogP contribution >= 0.6 is 0 Å². The van der Waals surface area contributed by atoms with E-state index in [1.54, 1.807) is 0 Å². The number of esters is 2. The fourth-order valence-electron chi connectivity index (χ4n) is 5.59. The number of aliphatic hydroxyl groups is 3. The molecule has 1 fully saturated rings. The number of hydrogen-bond donors (Lipinski definition) is 4. The van der Waals surface area contributed by atoms with Gasteiger partial charge >= 0.3 is 11.9 Å². The fraction of sp³-hybridized carbons (Fsp3) is 0.674. The quantitative estimate of drug-likeness (QED) is 0.0227. The van der Waals surface area contributed by atoms with E-state index in [2.05, 4.69) is 86.8 Å². The zero-order valence-corrected chi connectivity index (χ0v) is 34.5. The Bertz CT molecular complexity index is 1320. The van der Waals surface area contributed by atoms with E-state index in [0.29, 0.717) is 12.8 Å². The third-order valence-corrected chi connectivity index (χ3v) is 9.50. The Morgan fingerprint density at radius 3 is 1.71 bits per heavy atom. The van der Waals surface area contributed by atoms with Crippen LogP contribution in [0.25, 0.3) is 0 Å². The average molecular weight is 811 g/mol. The van der Waals surface area contributed by atoms with Gasteiger partial charge < -0.3 is 34.3 Å². The van der Waals surface area contributed by atoms with E-state index < -0.39 is 71.2 Å². The summed E-state index contributed by atoms with van der Waals surface area (Å²) in [7, 11) is -4.61. The molecule has 1 saturated heterocycles. The summed E-state index contributed by atoms with van der Waals surface area (Å²) < 4.78 is 53.8. The van der Waals surface area contributed by atoms with Gasteiger partial charge in [0, 0.05) is 12.8 Å². The number of hydrogen-bond acceptors (Lipinski definition) is 11. The third-order valence-electron chi connectivity index (χ3n) is 8.75. The molecule has 0 spiro atoms. The second-order valence-electron chi connectivity index (χ2n) is 13.9. The van der Waals surface area contributed by atoms with Gasteiger partial charge in [0.2, 0.25) is 0 Å². The highest BCUT2D eigenvalue weighted by Crippen LogP contribution is 2.24. The smallest absolute Gasteiger partial charge is 0.306 e. The van der Waals surface area contributed by atoms with Gasteiger partial charge in [-0.2, -0.15) is 8.42 Å². The van der Waals surface area contributed by atoms with Crippen molar-refractivity contribution < 1.29 is 56.8 Å². The molecule has 1 rings (SSSR count). The topological polar surface area (TPSA) is 186 Å². The van der Waals surface area contributed by atoms with Gasteiger partial charge in [-0.1, -0.05) is 112 Å². The number of allylic oxidation sites excluding steroid dienone is 12. The van der Waals surface area contributed by atoms with E-state index in [1.807, 2.05) is 0 Å². The van der Waals surface area contributed by atoms with Gasteiger partial charge in [0.15, 0.2) is 12.4 Å². The Morgan fingerprint density at radius 1 is 0.625 bits per heavy atom. The highest BCUT2D eigenvalue weighted by molar-refractivity contribution is 7.85. The Morgan fingerprint density at radius 2 is 1.12 bits per heavy atom. The maximum absolute atomic E-state index is 12.8. The van der Waals surface area contributed by atoms with Crippen LogP contribution < -0.4 is 0 Å². The SMILES string of the molecule is CC/C=C\C/C=C\C/C=C\C/C=C\CCCCC(=O)OC(COC(=O)CCCCCCC/C=C\C/C=C\CCC)COC1OC(CS(=O)(=O)O)C(O)C(O)C1O. The van der Waals surface area contributed by atoms with Crippen molar-refractivity contribution in [1.29, 1.82) is 0 Å². The summed E-state index contributed by atoms with van der Waals surface area (Å²) in [5.41, 5.74) is 0. The fourth-order valence-corrected chi connectivity index (χ4v) is 6.28. The van der Waals surface area contributed by atoms with E-state index in [0.717, 1.165) is 89.9 Å². The lowest BCUT2D eigenvalue weighted by Crippen LogP contribution is -2.60. The van der Waals surface area contributed by atoms with Crippen molar-refractivity contribution in [3.63, 3.8) is 0 Å². The van der Waals surface area contributed by atoms with Gasteiger partial charge in [-0.3, -0.25) is 14.1 Å². The summed E-state index contributed by atoms with van der Waals surface area (Å²) >= 11 is 0. The summed E-state index contributed by atoms with van der Waals surface area (Å²) in [5, 5.41) is 30.8. The van der Waals surface area contributed by atoms with Crippen LogP contribution in [-0.2, 0) is 38.7 Å². The van der Waals surface area contributed by atoms with Crippen LogP contribution in [0.3, 0.4) is 0 Å². The van der Waals surface area contributed by atoms with Crippen molar-refractivity contribution in [2.45, 2.75) is 166 Å². The van der Waals surface area contributed by atoms with Crippen molar-refractivity contribution in [2.24, 2.45) is 0 Å². The van der Waals surface area contributed by atoms with Gasteiger partial charge in [0.1, 0.15) is 36.8 Å². The number of carbonyl (C=O) groups is 2. The molecule has 0 bridgehead atoms. The number of unbranched alkanes of at least 4 members (excludes halogenated alkanes) is 8.